The highest BCUT2D eigenvalue weighted by Gasteiger charge is 2.12. The van der Waals surface area contributed by atoms with Crippen molar-refractivity contribution in [2.75, 3.05) is 6.54 Å². The minimum absolute atomic E-state index is 0.0528. The Bertz CT molecular complexity index is 356. The van der Waals surface area contributed by atoms with Crippen LogP contribution in [0.1, 0.15) is 11.6 Å². The first-order valence-corrected chi connectivity index (χ1v) is 4.33. The molecule has 14 heavy (non-hydrogen) atoms. The summed E-state index contributed by atoms with van der Waals surface area (Å²) in [4.78, 5) is 9.88. The van der Waals surface area contributed by atoms with Gasteiger partial charge in [-0.3, -0.25) is 10.1 Å². The first kappa shape index (κ1) is 10.9. The second-order valence-corrected chi connectivity index (χ2v) is 3.21. The topological polar surface area (TPSA) is 95.2 Å². The number of hydrogen-bond acceptors (Lipinski definition) is 4. The zero-order valence-corrected chi connectivity index (χ0v) is 8.07. The van der Waals surface area contributed by atoms with Crippen LogP contribution in [0.15, 0.2) is 18.2 Å². The Balaban J connectivity index is 3.07. The summed E-state index contributed by atoms with van der Waals surface area (Å²) in [6.07, 6.45) is 0. The van der Waals surface area contributed by atoms with Gasteiger partial charge in [-0.25, -0.2) is 0 Å². The Labute approximate surface area is 85.8 Å². The molecule has 0 spiro atoms. The SMILES string of the molecule is NC[C@H](N)c1ccc([N+](=O)[O-])cc1Cl. The molecule has 5 nitrogen and oxygen atoms in total. The maximum absolute atomic E-state index is 10.4. The van der Waals surface area contributed by atoms with Crippen molar-refractivity contribution >= 4 is 17.3 Å². The van der Waals surface area contributed by atoms with E-state index in [-0.39, 0.29) is 23.3 Å². The molecule has 0 amide bonds. The van der Waals surface area contributed by atoms with Crippen LogP contribution in [0.5, 0.6) is 0 Å². The summed E-state index contributed by atoms with van der Waals surface area (Å²) in [6, 6.07) is 3.77. The van der Waals surface area contributed by atoms with Crippen molar-refractivity contribution < 1.29 is 4.92 Å². The van der Waals surface area contributed by atoms with E-state index in [1.807, 2.05) is 0 Å². The monoisotopic (exact) mass is 215 g/mol. The predicted molar refractivity (Wildman–Crippen MR) is 54.1 cm³/mol. The highest BCUT2D eigenvalue weighted by atomic mass is 35.5. The van der Waals surface area contributed by atoms with Crippen LogP contribution in [0, 0.1) is 10.1 Å². The van der Waals surface area contributed by atoms with Crippen molar-refractivity contribution in [1.82, 2.24) is 0 Å². The van der Waals surface area contributed by atoms with Crippen LogP contribution in [0.2, 0.25) is 5.02 Å². The molecule has 0 unspecified atom stereocenters. The van der Waals surface area contributed by atoms with E-state index in [0.717, 1.165) is 0 Å². The summed E-state index contributed by atoms with van der Waals surface area (Å²) >= 11 is 5.81. The highest BCUT2D eigenvalue weighted by Crippen LogP contribution is 2.25. The molecule has 0 aliphatic heterocycles. The molecular weight excluding hydrogens is 206 g/mol. The van der Waals surface area contributed by atoms with Crippen LogP contribution in [0.4, 0.5) is 5.69 Å². The first-order chi connectivity index (χ1) is 6.56. The lowest BCUT2D eigenvalue weighted by Crippen LogP contribution is -2.21. The quantitative estimate of drug-likeness (QED) is 0.585. The maximum Gasteiger partial charge on any atom is 0.270 e. The van der Waals surface area contributed by atoms with E-state index in [1.54, 1.807) is 0 Å². The Morgan fingerprint density at radius 2 is 2.21 bits per heavy atom. The molecule has 0 aliphatic rings. The van der Waals surface area contributed by atoms with E-state index < -0.39 is 4.92 Å². The van der Waals surface area contributed by atoms with Crippen molar-refractivity contribution in [1.29, 1.82) is 0 Å². The van der Waals surface area contributed by atoms with Crippen LogP contribution in [-0.2, 0) is 0 Å². The third-order valence-corrected chi connectivity index (χ3v) is 2.18. The van der Waals surface area contributed by atoms with Crippen LogP contribution in [-0.4, -0.2) is 11.5 Å². The van der Waals surface area contributed by atoms with Crippen molar-refractivity contribution in [3.05, 3.63) is 38.9 Å². The number of benzene rings is 1. The van der Waals surface area contributed by atoms with E-state index in [9.17, 15) is 10.1 Å². The molecule has 1 atom stereocenters. The molecule has 0 fully saturated rings. The average Bonchev–Trinajstić information content (AvgIpc) is 2.16. The van der Waals surface area contributed by atoms with Gasteiger partial charge in [-0.2, -0.15) is 0 Å². The number of rotatable bonds is 3. The predicted octanol–water partition coefficient (Wildman–Crippen LogP) is 1.21. The van der Waals surface area contributed by atoms with Gasteiger partial charge in [-0.1, -0.05) is 11.6 Å². The van der Waals surface area contributed by atoms with E-state index in [1.165, 1.54) is 18.2 Å². The Morgan fingerprint density at radius 1 is 1.57 bits per heavy atom. The third kappa shape index (κ3) is 2.20. The van der Waals surface area contributed by atoms with Gasteiger partial charge in [-0.05, 0) is 11.6 Å². The molecule has 0 saturated heterocycles. The fourth-order valence-corrected chi connectivity index (χ4v) is 1.37. The lowest BCUT2D eigenvalue weighted by molar-refractivity contribution is -0.384. The standard InChI is InChI=1S/C8H10ClN3O2/c9-7-3-5(12(13)14)1-2-6(7)8(11)4-10/h1-3,8H,4,10-11H2/t8-/m0/s1. The zero-order chi connectivity index (χ0) is 10.7. The van der Waals surface area contributed by atoms with Gasteiger partial charge < -0.3 is 11.5 Å². The van der Waals surface area contributed by atoms with Gasteiger partial charge in [0.1, 0.15) is 0 Å². The fourth-order valence-electron chi connectivity index (χ4n) is 1.06. The number of hydrogen-bond donors (Lipinski definition) is 2. The number of nitrogens with two attached hydrogens (primary N) is 2. The summed E-state index contributed by atoms with van der Waals surface area (Å²) in [5.41, 5.74) is 11.6. The lowest BCUT2D eigenvalue weighted by atomic mass is 10.1. The molecule has 1 aromatic carbocycles. The Kier molecular flexibility index (Phi) is 3.40. The number of halogens is 1. The van der Waals surface area contributed by atoms with Crippen LogP contribution in [0.25, 0.3) is 0 Å². The molecule has 1 aromatic rings. The van der Waals surface area contributed by atoms with E-state index in [2.05, 4.69) is 0 Å². The molecule has 0 aliphatic carbocycles. The second kappa shape index (κ2) is 4.36. The number of nitrogens with zero attached hydrogens (tertiary/aromatic N) is 1. The molecule has 76 valence electrons. The van der Waals surface area contributed by atoms with E-state index in [4.69, 9.17) is 23.1 Å². The Morgan fingerprint density at radius 3 is 2.64 bits per heavy atom. The van der Waals surface area contributed by atoms with Crippen molar-refractivity contribution in [3.63, 3.8) is 0 Å². The minimum Gasteiger partial charge on any atom is -0.329 e. The summed E-state index contributed by atoms with van der Waals surface area (Å²) in [7, 11) is 0. The van der Waals surface area contributed by atoms with Gasteiger partial charge in [0.25, 0.3) is 5.69 Å². The van der Waals surface area contributed by atoms with Crippen LogP contribution >= 0.6 is 11.6 Å². The first-order valence-electron chi connectivity index (χ1n) is 3.95. The van der Waals surface area contributed by atoms with Gasteiger partial charge in [0.2, 0.25) is 0 Å². The molecule has 1 rings (SSSR count). The molecule has 0 heterocycles. The van der Waals surface area contributed by atoms with Gasteiger partial charge in [-0.15, -0.1) is 0 Å². The highest BCUT2D eigenvalue weighted by molar-refractivity contribution is 6.31. The summed E-state index contributed by atoms with van der Waals surface area (Å²) in [5, 5.41) is 10.7. The van der Waals surface area contributed by atoms with Crippen LogP contribution < -0.4 is 11.5 Å². The van der Waals surface area contributed by atoms with E-state index >= 15 is 0 Å². The molecule has 0 radical (unpaired) electrons. The molecule has 6 heteroatoms. The number of non-ortho nitro benzene ring substituents is 1. The van der Waals surface area contributed by atoms with E-state index in [0.29, 0.717) is 5.56 Å². The van der Waals surface area contributed by atoms with Gasteiger partial charge in [0.15, 0.2) is 0 Å². The molecule has 0 aromatic heterocycles. The maximum atomic E-state index is 10.4. The van der Waals surface area contributed by atoms with Gasteiger partial charge in [0, 0.05) is 24.7 Å². The lowest BCUT2D eigenvalue weighted by Gasteiger charge is -2.10. The largest absolute Gasteiger partial charge is 0.329 e. The van der Waals surface area contributed by atoms with Gasteiger partial charge >= 0.3 is 0 Å². The molecular formula is C8H10ClN3O2. The molecule has 0 saturated carbocycles. The normalized spacial score (nSPS) is 12.5. The molecule has 4 N–H and O–H groups in total. The summed E-state index contributed by atoms with van der Waals surface area (Å²) in [5.74, 6) is 0. The smallest absolute Gasteiger partial charge is 0.270 e. The number of nitro benzene ring substituents is 1. The summed E-state index contributed by atoms with van der Waals surface area (Å²) in [6.45, 7) is 0.248. The van der Waals surface area contributed by atoms with Crippen molar-refractivity contribution in [2.45, 2.75) is 6.04 Å². The van der Waals surface area contributed by atoms with Gasteiger partial charge in [0.05, 0.1) is 9.95 Å². The zero-order valence-electron chi connectivity index (χ0n) is 7.31. The Hall–Kier alpha value is -1.17. The summed E-state index contributed by atoms with van der Waals surface area (Å²) < 4.78 is 0. The van der Waals surface area contributed by atoms with Crippen LogP contribution in [0.3, 0.4) is 0 Å². The minimum atomic E-state index is -0.510. The third-order valence-electron chi connectivity index (χ3n) is 1.85. The van der Waals surface area contributed by atoms with Crippen molar-refractivity contribution in [2.24, 2.45) is 11.5 Å². The second-order valence-electron chi connectivity index (χ2n) is 2.81. The average molecular weight is 216 g/mol. The fraction of sp³-hybridized carbons (Fsp3) is 0.250. The molecule has 0 bridgehead atoms. The number of nitro groups is 1. The van der Waals surface area contributed by atoms with Crippen molar-refractivity contribution in [3.8, 4) is 0 Å².